The Morgan fingerprint density at radius 1 is 1.30 bits per heavy atom. The van der Waals surface area contributed by atoms with Crippen LogP contribution in [-0.4, -0.2) is 53.7 Å². The van der Waals surface area contributed by atoms with Crippen molar-refractivity contribution < 1.29 is 23.9 Å². The lowest BCUT2D eigenvalue weighted by Crippen LogP contribution is -2.54. The molecular weight excluding hydrogens is 348 g/mol. The van der Waals surface area contributed by atoms with Gasteiger partial charge in [0.25, 0.3) is 0 Å². The van der Waals surface area contributed by atoms with Crippen LogP contribution >= 0.6 is 0 Å². The standard InChI is InChI=1S/C20H32N2O5/c1-8-9-15(21-19(25)27-20(4,5)6)17(23)22-14(12-13(2)3)10-11-16(22)18(24)26-7/h8,14-16H,1-2,9-12H2,3-7H3,(H,21,25). The van der Waals surface area contributed by atoms with Crippen molar-refractivity contribution in [2.45, 2.75) is 77.1 Å². The molecule has 2 amide bonds. The Morgan fingerprint density at radius 3 is 2.41 bits per heavy atom. The molecule has 0 aliphatic carbocycles. The molecule has 0 saturated carbocycles. The van der Waals surface area contributed by atoms with E-state index in [2.05, 4.69) is 18.5 Å². The zero-order valence-corrected chi connectivity index (χ0v) is 17.0. The van der Waals surface area contributed by atoms with Crippen LogP contribution in [0.15, 0.2) is 24.8 Å². The maximum absolute atomic E-state index is 13.2. The first kappa shape index (κ1) is 22.7. The number of rotatable bonds is 7. The number of methoxy groups -OCH3 is 1. The minimum absolute atomic E-state index is 0.160. The van der Waals surface area contributed by atoms with Gasteiger partial charge in [0.15, 0.2) is 0 Å². The summed E-state index contributed by atoms with van der Waals surface area (Å²) in [6.45, 7) is 14.7. The SMILES string of the molecule is C=CCC(NC(=O)OC(C)(C)C)C(=O)N1C(CC(=C)C)CCC1C(=O)OC. The average Bonchev–Trinajstić information content (AvgIpc) is 2.94. The number of hydrogen-bond acceptors (Lipinski definition) is 5. The Labute approximate surface area is 161 Å². The molecule has 3 unspecified atom stereocenters. The Hall–Kier alpha value is -2.31. The summed E-state index contributed by atoms with van der Waals surface area (Å²) in [7, 11) is 1.30. The molecule has 1 aliphatic heterocycles. The molecule has 152 valence electrons. The van der Waals surface area contributed by atoms with Crippen molar-refractivity contribution in [2.75, 3.05) is 7.11 Å². The fourth-order valence-corrected chi connectivity index (χ4v) is 3.20. The number of hydrogen-bond donors (Lipinski definition) is 1. The van der Waals surface area contributed by atoms with Crippen molar-refractivity contribution in [3.63, 3.8) is 0 Å². The molecule has 1 saturated heterocycles. The number of carbonyl (C=O) groups excluding carboxylic acids is 3. The van der Waals surface area contributed by atoms with Crippen LogP contribution in [0.1, 0.15) is 53.4 Å². The van der Waals surface area contributed by atoms with Gasteiger partial charge < -0.3 is 19.7 Å². The minimum atomic E-state index is -0.866. The number of esters is 1. The van der Waals surface area contributed by atoms with Crippen LogP contribution in [0.3, 0.4) is 0 Å². The van der Waals surface area contributed by atoms with Gasteiger partial charge in [0.2, 0.25) is 5.91 Å². The highest BCUT2D eigenvalue weighted by atomic mass is 16.6. The van der Waals surface area contributed by atoms with Crippen molar-refractivity contribution in [3.05, 3.63) is 24.8 Å². The maximum atomic E-state index is 13.2. The molecule has 1 heterocycles. The van der Waals surface area contributed by atoms with Crippen LogP contribution in [0.5, 0.6) is 0 Å². The van der Waals surface area contributed by atoms with Gasteiger partial charge in [-0.3, -0.25) is 4.79 Å². The zero-order chi connectivity index (χ0) is 20.8. The molecule has 0 aromatic rings. The summed E-state index contributed by atoms with van der Waals surface area (Å²) in [5.41, 5.74) is 0.236. The first-order valence-electron chi connectivity index (χ1n) is 9.15. The molecule has 7 nitrogen and oxygen atoms in total. The van der Waals surface area contributed by atoms with E-state index in [1.54, 1.807) is 26.8 Å². The second kappa shape index (κ2) is 9.58. The van der Waals surface area contributed by atoms with Gasteiger partial charge in [0, 0.05) is 6.04 Å². The third-order valence-corrected chi connectivity index (χ3v) is 4.21. The first-order valence-corrected chi connectivity index (χ1v) is 9.15. The Kier molecular flexibility index (Phi) is 8.06. The van der Waals surface area contributed by atoms with Crippen LogP contribution in [0.4, 0.5) is 4.79 Å². The lowest BCUT2D eigenvalue weighted by molar-refractivity contribution is -0.153. The average molecular weight is 380 g/mol. The van der Waals surface area contributed by atoms with Gasteiger partial charge >= 0.3 is 12.1 Å². The third-order valence-electron chi connectivity index (χ3n) is 4.21. The van der Waals surface area contributed by atoms with E-state index in [1.807, 2.05) is 6.92 Å². The smallest absolute Gasteiger partial charge is 0.408 e. The second-order valence-electron chi connectivity index (χ2n) is 7.90. The summed E-state index contributed by atoms with van der Waals surface area (Å²) in [6.07, 6.45) is 2.87. The molecule has 3 atom stereocenters. The van der Waals surface area contributed by atoms with E-state index in [1.165, 1.54) is 12.0 Å². The number of amides is 2. The molecule has 0 bridgehead atoms. The van der Waals surface area contributed by atoms with E-state index in [9.17, 15) is 14.4 Å². The molecule has 1 rings (SSSR count). The van der Waals surface area contributed by atoms with E-state index in [0.717, 1.165) is 5.57 Å². The van der Waals surface area contributed by atoms with Crippen molar-refractivity contribution >= 4 is 18.0 Å². The summed E-state index contributed by atoms with van der Waals surface area (Å²) in [6, 6.07) is -1.69. The number of ether oxygens (including phenoxy) is 2. The normalized spacial score (nSPS) is 20.6. The summed E-state index contributed by atoms with van der Waals surface area (Å²) < 4.78 is 10.1. The molecule has 7 heteroatoms. The van der Waals surface area contributed by atoms with Gasteiger partial charge in [-0.15, -0.1) is 13.2 Å². The highest BCUT2D eigenvalue weighted by molar-refractivity contribution is 5.90. The molecule has 0 aromatic carbocycles. The van der Waals surface area contributed by atoms with Crippen LogP contribution in [0, 0.1) is 0 Å². The first-order chi connectivity index (χ1) is 12.5. The largest absolute Gasteiger partial charge is 0.467 e. The number of nitrogens with one attached hydrogen (secondary N) is 1. The molecule has 0 aromatic heterocycles. The minimum Gasteiger partial charge on any atom is -0.467 e. The quantitative estimate of drug-likeness (QED) is 0.542. The summed E-state index contributed by atoms with van der Waals surface area (Å²) in [5.74, 6) is -0.804. The van der Waals surface area contributed by atoms with E-state index in [-0.39, 0.29) is 18.4 Å². The number of alkyl carbamates (subject to hydrolysis) is 1. The number of nitrogens with zero attached hydrogens (tertiary/aromatic N) is 1. The third kappa shape index (κ3) is 6.73. The van der Waals surface area contributed by atoms with E-state index < -0.39 is 29.7 Å². The summed E-state index contributed by atoms with van der Waals surface area (Å²) in [5, 5.41) is 2.60. The highest BCUT2D eigenvalue weighted by Gasteiger charge is 2.43. The van der Waals surface area contributed by atoms with Gasteiger partial charge in [-0.2, -0.15) is 0 Å². The van der Waals surface area contributed by atoms with Crippen molar-refractivity contribution in [2.24, 2.45) is 0 Å². The Bertz CT molecular complexity index is 594. The van der Waals surface area contributed by atoms with Gasteiger partial charge in [0.05, 0.1) is 7.11 Å². The van der Waals surface area contributed by atoms with Gasteiger partial charge in [0.1, 0.15) is 17.7 Å². The lowest BCUT2D eigenvalue weighted by atomic mass is 10.1. The zero-order valence-electron chi connectivity index (χ0n) is 17.0. The topological polar surface area (TPSA) is 84.9 Å². The predicted molar refractivity (Wildman–Crippen MR) is 103 cm³/mol. The van der Waals surface area contributed by atoms with Crippen LogP contribution in [-0.2, 0) is 19.1 Å². The van der Waals surface area contributed by atoms with Crippen LogP contribution < -0.4 is 5.32 Å². The van der Waals surface area contributed by atoms with Gasteiger partial charge in [-0.05, 0) is 53.4 Å². The molecule has 1 aliphatic rings. The molecule has 1 N–H and O–H groups in total. The number of likely N-dealkylation sites (tertiary alicyclic amines) is 1. The van der Waals surface area contributed by atoms with E-state index >= 15 is 0 Å². The lowest BCUT2D eigenvalue weighted by Gasteiger charge is -2.33. The molecule has 0 radical (unpaired) electrons. The molecule has 1 fully saturated rings. The summed E-state index contributed by atoms with van der Waals surface area (Å²) in [4.78, 5) is 39.1. The fourth-order valence-electron chi connectivity index (χ4n) is 3.20. The molecular formula is C20H32N2O5. The Morgan fingerprint density at radius 2 is 1.93 bits per heavy atom. The monoisotopic (exact) mass is 380 g/mol. The molecule has 0 spiro atoms. The Balaban J connectivity index is 3.05. The van der Waals surface area contributed by atoms with Crippen LogP contribution in [0.2, 0.25) is 0 Å². The summed E-state index contributed by atoms with van der Waals surface area (Å²) >= 11 is 0. The van der Waals surface area contributed by atoms with E-state index in [0.29, 0.717) is 19.3 Å². The fraction of sp³-hybridized carbons (Fsp3) is 0.650. The van der Waals surface area contributed by atoms with Crippen LogP contribution in [0.25, 0.3) is 0 Å². The van der Waals surface area contributed by atoms with Crippen molar-refractivity contribution in [1.29, 1.82) is 0 Å². The highest BCUT2D eigenvalue weighted by Crippen LogP contribution is 2.30. The van der Waals surface area contributed by atoms with Crippen molar-refractivity contribution in [1.82, 2.24) is 10.2 Å². The maximum Gasteiger partial charge on any atom is 0.408 e. The second-order valence-corrected chi connectivity index (χ2v) is 7.90. The number of carbonyl (C=O) groups is 3. The van der Waals surface area contributed by atoms with Gasteiger partial charge in [-0.1, -0.05) is 11.6 Å². The van der Waals surface area contributed by atoms with Gasteiger partial charge in [-0.25, -0.2) is 9.59 Å². The molecule has 27 heavy (non-hydrogen) atoms. The van der Waals surface area contributed by atoms with E-state index in [4.69, 9.17) is 9.47 Å². The predicted octanol–water partition coefficient (Wildman–Crippen LogP) is 2.95. The van der Waals surface area contributed by atoms with Crippen molar-refractivity contribution in [3.8, 4) is 0 Å².